The van der Waals surface area contributed by atoms with E-state index in [2.05, 4.69) is 17.0 Å². The van der Waals surface area contributed by atoms with Gasteiger partial charge in [0.15, 0.2) is 0 Å². The molecule has 2 heterocycles. The van der Waals surface area contributed by atoms with Crippen LogP contribution in [0.4, 0.5) is 8.78 Å². The lowest BCUT2D eigenvalue weighted by Crippen LogP contribution is -2.61. The molecule has 1 aliphatic heterocycles. The van der Waals surface area contributed by atoms with E-state index >= 15 is 0 Å². The third-order valence-electron chi connectivity index (χ3n) is 5.29. The summed E-state index contributed by atoms with van der Waals surface area (Å²) in [5.74, 6) is -3.35. The summed E-state index contributed by atoms with van der Waals surface area (Å²) in [6.07, 6.45) is 1.75. The summed E-state index contributed by atoms with van der Waals surface area (Å²) < 4.78 is 28.9. The molecule has 142 valence electrons. The van der Waals surface area contributed by atoms with Crippen molar-refractivity contribution < 1.29 is 13.6 Å². The van der Waals surface area contributed by atoms with Gasteiger partial charge in [0.25, 0.3) is 11.8 Å². The van der Waals surface area contributed by atoms with Crippen LogP contribution in [0.15, 0.2) is 30.9 Å². The molecule has 0 radical (unpaired) electrons. The van der Waals surface area contributed by atoms with Gasteiger partial charge in [-0.1, -0.05) is 29.8 Å². The Morgan fingerprint density at radius 1 is 1.44 bits per heavy atom. The average Bonchev–Trinajstić information content (AvgIpc) is 2.96. The fourth-order valence-electron chi connectivity index (χ4n) is 4.16. The van der Waals surface area contributed by atoms with Gasteiger partial charge < -0.3 is 11.1 Å². The van der Waals surface area contributed by atoms with E-state index in [-0.39, 0.29) is 18.4 Å². The molecule has 5 nitrogen and oxygen atoms in total. The summed E-state index contributed by atoms with van der Waals surface area (Å²) in [5, 5.41) is 8.22. The van der Waals surface area contributed by atoms with E-state index in [0.29, 0.717) is 41.5 Å². The Morgan fingerprint density at radius 2 is 2.19 bits per heavy atom. The SMILES string of the molecule is C=CCc1ccc(-c2nn3c(c2C(N)=O)CNCC32CC(F)(F)C2)cc1Cl. The molecule has 0 atom stereocenters. The molecule has 0 bridgehead atoms. The number of benzene rings is 1. The normalized spacial score (nSPS) is 19.4. The minimum absolute atomic E-state index is 0.254. The summed E-state index contributed by atoms with van der Waals surface area (Å²) in [4.78, 5) is 12.2. The highest BCUT2D eigenvalue weighted by molar-refractivity contribution is 6.31. The Kier molecular flexibility index (Phi) is 4.12. The maximum absolute atomic E-state index is 13.6. The lowest BCUT2D eigenvalue weighted by atomic mass is 9.72. The number of hydrogen-bond acceptors (Lipinski definition) is 3. The van der Waals surface area contributed by atoms with Crippen LogP contribution in [0.25, 0.3) is 11.3 Å². The van der Waals surface area contributed by atoms with Gasteiger partial charge in [-0.05, 0) is 18.1 Å². The predicted molar refractivity (Wildman–Crippen MR) is 99.0 cm³/mol. The van der Waals surface area contributed by atoms with Crippen molar-refractivity contribution in [2.75, 3.05) is 6.54 Å². The van der Waals surface area contributed by atoms with Crippen molar-refractivity contribution in [3.8, 4) is 11.3 Å². The first-order valence-corrected chi connectivity index (χ1v) is 9.05. The van der Waals surface area contributed by atoms with Crippen molar-refractivity contribution in [2.24, 2.45) is 5.73 Å². The van der Waals surface area contributed by atoms with Crippen LogP contribution in [0.2, 0.25) is 5.02 Å². The molecule has 0 saturated heterocycles. The number of fused-ring (bicyclic) bond motifs is 2. The van der Waals surface area contributed by atoms with Gasteiger partial charge in [-0.3, -0.25) is 9.48 Å². The van der Waals surface area contributed by atoms with Crippen LogP contribution in [0.5, 0.6) is 0 Å². The second kappa shape index (κ2) is 6.14. The molecule has 1 fully saturated rings. The lowest BCUT2D eigenvalue weighted by Gasteiger charge is -2.50. The first-order valence-electron chi connectivity index (χ1n) is 8.67. The molecule has 27 heavy (non-hydrogen) atoms. The first-order chi connectivity index (χ1) is 12.8. The Labute approximate surface area is 160 Å². The molecular formula is C19H19ClF2N4O. The molecule has 3 N–H and O–H groups in total. The molecule has 1 aromatic carbocycles. The summed E-state index contributed by atoms with van der Waals surface area (Å²) >= 11 is 6.34. The maximum Gasteiger partial charge on any atom is 0.252 e. The number of hydrogen-bond donors (Lipinski definition) is 2. The highest BCUT2D eigenvalue weighted by atomic mass is 35.5. The van der Waals surface area contributed by atoms with Crippen molar-refractivity contribution in [1.29, 1.82) is 0 Å². The topological polar surface area (TPSA) is 72.9 Å². The van der Waals surface area contributed by atoms with E-state index in [0.717, 1.165) is 5.56 Å². The third-order valence-corrected chi connectivity index (χ3v) is 5.64. The van der Waals surface area contributed by atoms with Gasteiger partial charge in [-0.25, -0.2) is 8.78 Å². The van der Waals surface area contributed by atoms with Crippen LogP contribution >= 0.6 is 11.6 Å². The maximum atomic E-state index is 13.6. The van der Waals surface area contributed by atoms with Gasteiger partial charge in [-0.2, -0.15) is 5.10 Å². The molecule has 0 unspecified atom stereocenters. The molecule has 2 aliphatic rings. The number of halogens is 3. The minimum Gasteiger partial charge on any atom is -0.365 e. The van der Waals surface area contributed by atoms with E-state index in [1.165, 1.54) is 0 Å². The second-order valence-electron chi connectivity index (χ2n) is 7.28. The highest BCUT2D eigenvalue weighted by Gasteiger charge is 2.60. The Morgan fingerprint density at radius 3 is 2.78 bits per heavy atom. The van der Waals surface area contributed by atoms with E-state index in [4.69, 9.17) is 17.3 Å². The fraction of sp³-hybridized carbons (Fsp3) is 0.368. The summed E-state index contributed by atoms with van der Waals surface area (Å²) in [7, 11) is 0. The summed E-state index contributed by atoms with van der Waals surface area (Å²) in [5.41, 5.74) is 7.50. The fourth-order valence-corrected chi connectivity index (χ4v) is 4.42. The van der Waals surface area contributed by atoms with E-state index in [1.807, 2.05) is 6.07 Å². The molecule has 2 aromatic rings. The van der Waals surface area contributed by atoms with Crippen molar-refractivity contribution >= 4 is 17.5 Å². The highest BCUT2D eigenvalue weighted by Crippen LogP contribution is 2.52. The van der Waals surface area contributed by atoms with Crippen LogP contribution in [-0.4, -0.2) is 28.2 Å². The quantitative estimate of drug-likeness (QED) is 0.784. The predicted octanol–water partition coefficient (Wildman–Crippen LogP) is 3.26. The summed E-state index contributed by atoms with van der Waals surface area (Å²) in [6.45, 7) is 4.43. The van der Waals surface area contributed by atoms with E-state index in [9.17, 15) is 13.6 Å². The third kappa shape index (κ3) is 2.85. The van der Waals surface area contributed by atoms with Gasteiger partial charge in [0.2, 0.25) is 0 Å². The van der Waals surface area contributed by atoms with Crippen molar-refractivity contribution in [3.63, 3.8) is 0 Å². The molecule has 1 amide bonds. The van der Waals surface area contributed by atoms with Crippen molar-refractivity contribution in [1.82, 2.24) is 15.1 Å². The Bertz CT molecular complexity index is 945. The zero-order chi connectivity index (χ0) is 19.4. The van der Waals surface area contributed by atoms with Crippen LogP contribution in [0, 0.1) is 0 Å². The average molecular weight is 393 g/mol. The number of rotatable bonds is 4. The number of amides is 1. The molecule has 1 aromatic heterocycles. The van der Waals surface area contributed by atoms with Gasteiger partial charge in [0, 0.05) is 36.5 Å². The molecule has 1 spiro atoms. The smallest absolute Gasteiger partial charge is 0.252 e. The number of alkyl halides is 2. The number of carbonyl (C=O) groups is 1. The second-order valence-corrected chi connectivity index (χ2v) is 7.69. The number of aromatic nitrogens is 2. The van der Waals surface area contributed by atoms with E-state index in [1.54, 1.807) is 22.9 Å². The van der Waals surface area contributed by atoms with Gasteiger partial charge >= 0.3 is 0 Å². The molecular weight excluding hydrogens is 374 g/mol. The van der Waals surface area contributed by atoms with Gasteiger partial charge in [0.1, 0.15) is 5.69 Å². The lowest BCUT2D eigenvalue weighted by molar-refractivity contribution is -0.158. The number of primary amides is 1. The van der Waals surface area contributed by atoms with Gasteiger partial charge in [-0.15, -0.1) is 6.58 Å². The Balaban J connectivity index is 1.84. The largest absolute Gasteiger partial charge is 0.365 e. The van der Waals surface area contributed by atoms with Crippen LogP contribution in [-0.2, 0) is 18.5 Å². The number of nitrogens with one attached hydrogen (secondary N) is 1. The number of nitrogens with two attached hydrogens (primary N) is 1. The molecule has 8 heteroatoms. The summed E-state index contributed by atoms with van der Waals surface area (Å²) in [6, 6.07) is 5.37. The van der Waals surface area contributed by atoms with E-state index < -0.39 is 17.4 Å². The monoisotopic (exact) mass is 392 g/mol. The van der Waals surface area contributed by atoms with Crippen LogP contribution < -0.4 is 11.1 Å². The van der Waals surface area contributed by atoms with Crippen molar-refractivity contribution in [2.45, 2.75) is 37.3 Å². The number of carbonyl (C=O) groups excluding carboxylic acids is 1. The van der Waals surface area contributed by atoms with Gasteiger partial charge in [0.05, 0.1) is 16.8 Å². The molecule has 4 rings (SSSR count). The molecule has 1 aliphatic carbocycles. The zero-order valence-electron chi connectivity index (χ0n) is 14.6. The molecule has 1 saturated carbocycles. The van der Waals surface area contributed by atoms with Crippen LogP contribution in [0.3, 0.4) is 0 Å². The first kappa shape index (κ1) is 18.1. The zero-order valence-corrected chi connectivity index (χ0v) is 15.3. The minimum atomic E-state index is -2.72. The van der Waals surface area contributed by atoms with Crippen molar-refractivity contribution in [3.05, 3.63) is 52.7 Å². The van der Waals surface area contributed by atoms with Crippen LogP contribution in [0.1, 0.15) is 34.5 Å². The number of nitrogens with zero attached hydrogens (tertiary/aromatic N) is 2. The number of allylic oxidation sites excluding steroid dienone is 1. The Hall–Kier alpha value is -2.25. The standard InChI is InChI=1S/C19H19ClF2N4O/c1-2-3-11-4-5-12(6-13(11)20)16-15(17(23)27)14-7-24-10-18(26(14)25-16)8-19(21,22)9-18/h2,4-6,24H,1,3,7-10H2,(H2,23,27).